The van der Waals surface area contributed by atoms with Crippen molar-refractivity contribution in [1.82, 2.24) is 4.98 Å². The van der Waals surface area contributed by atoms with E-state index < -0.39 is 27.3 Å². The predicted molar refractivity (Wildman–Crippen MR) is 93.3 cm³/mol. The van der Waals surface area contributed by atoms with Gasteiger partial charge in [0.1, 0.15) is 5.69 Å². The summed E-state index contributed by atoms with van der Waals surface area (Å²) < 4.78 is 42.1. The van der Waals surface area contributed by atoms with Gasteiger partial charge in [-0.1, -0.05) is 23.2 Å². The van der Waals surface area contributed by atoms with Crippen molar-refractivity contribution in [3.8, 4) is 5.75 Å². The molecule has 1 aromatic heterocycles. The van der Waals surface area contributed by atoms with Crippen molar-refractivity contribution in [2.24, 2.45) is 0 Å². The molecule has 0 aliphatic rings. The van der Waals surface area contributed by atoms with Crippen LogP contribution in [0.4, 0.5) is 10.1 Å². The third kappa shape index (κ3) is 3.02. The van der Waals surface area contributed by atoms with Crippen LogP contribution in [0.5, 0.6) is 5.75 Å². The van der Waals surface area contributed by atoms with Crippen LogP contribution in [0.3, 0.4) is 0 Å². The molecule has 126 valence electrons. The first-order valence-electron chi connectivity index (χ1n) is 6.45. The number of aromatic hydroxyl groups is 1. The Hall–Kier alpha value is -1.61. The number of anilines is 1. The average Bonchev–Trinajstić information content (AvgIpc) is 2.88. The molecule has 0 atom stereocenters. The molecule has 5 nitrogen and oxygen atoms in total. The van der Waals surface area contributed by atoms with Crippen molar-refractivity contribution in [1.29, 1.82) is 0 Å². The molecular weight excluding hydrogens is 398 g/mol. The number of nitrogens with one attached hydrogen (secondary N) is 1. The minimum Gasteiger partial charge on any atom is -0.504 e. The number of benzene rings is 2. The van der Waals surface area contributed by atoms with E-state index in [-0.39, 0.29) is 19.9 Å². The van der Waals surface area contributed by atoms with E-state index >= 15 is 0 Å². The molecule has 1 heterocycles. The van der Waals surface area contributed by atoms with Crippen LogP contribution in [-0.2, 0) is 10.0 Å². The SMILES string of the molecule is Cc1cc(Cl)c(O)c(NS(=O)(=O)c2ccc3nc(Cl)sc3c2)c1F. The van der Waals surface area contributed by atoms with Crippen molar-refractivity contribution in [3.05, 3.63) is 45.1 Å². The number of hydrogen-bond acceptors (Lipinski definition) is 5. The Morgan fingerprint density at radius 1 is 1.29 bits per heavy atom. The zero-order valence-corrected chi connectivity index (χ0v) is 15.1. The van der Waals surface area contributed by atoms with E-state index in [1.165, 1.54) is 31.2 Å². The Labute approximate surface area is 150 Å². The summed E-state index contributed by atoms with van der Waals surface area (Å²) in [6.45, 7) is 1.41. The summed E-state index contributed by atoms with van der Waals surface area (Å²) in [6, 6.07) is 5.38. The van der Waals surface area contributed by atoms with Crippen molar-refractivity contribution >= 4 is 60.5 Å². The number of phenolic OH excluding ortho intramolecular Hbond substituents is 1. The summed E-state index contributed by atoms with van der Waals surface area (Å²) in [4.78, 5) is 3.90. The fourth-order valence-corrected chi connectivity index (χ4v) is 4.57. The third-order valence-electron chi connectivity index (χ3n) is 3.25. The molecule has 3 rings (SSSR count). The first kappa shape index (κ1) is 17.2. The number of halogens is 3. The molecule has 0 bridgehead atoms. The van der Waals surface area contributed by atoms with Crippen LogP contribution in [0.1, 0.15) is 5.56 Å². The van der Waals surface area contributed by atoms with Gasteiger partial charge in [-0.05, 0) is 36.8 Å². The van der Waals surface area contributed by atoms with Gasteiger partial charge in [0.05, 0.1) is 20.1 Å². The highest BCUT2D eigenvalue weighted by Gasteiger charge is 2.22. The highest BCUT2D eigenvalue weighted by molar-refractivity contribution is 7.92. The lowest BCUT2D eigenvalue weighted by atomic mass is 10.2. The van der Waals surface area contributed by atoms with E-state index in [0.29, 0.717) is 10.2 Å². The van der Waals surface area contributed by atoms with E-state index in [0.717, 1.165) is 11.3 Å². The average molecular weight is 407 g/mol. The number of nitrogens with zero attached hydrogens (tertiary/aromatic N) is 1. The van der Waals surface area contributed by atoms with Crippen molar-refractivity contribution in [2.45, 2.75) is 11.8 Å². The molecule has 0 spiro atoms. The molecule has 0 fully saturated rings. The van der Waals surface area contributed by atoms with Crippen molar-refractivity contribution in [3.63, 3.8) is 0 Å². The largest absolute Gasteiger partial charge is 0.504 e. The lowest BCUT2D eigenvalue weighted by Crippen LogP contribution is -2.14. The number of aromatic nitrogens is 1. The number of phenols is 1. The Bertz CT molecular complexity index is 1040. The second-order valence-corrected chi connectivity index (χ2v) is 8.62. The lowest BCUT2D eigenvalue weighted by molar-refractivity contribution is 0.472. The molecule has 10 heteroatoms. The summed E-state index contributed by atoms with van der Waals surface area (Å²) in [7, 11) is -4.15. The molecule has 0 amide bonds. The molecule has 2 N–H and O–H groups in total. The van der Waals surface area contributed by atoms with Crippen LogP contribution in [0.15, 0.2) is 29.2 Å². The van der Waals surface area contributed by atoms with Gasteiger partial charge in [-0.3, -0.25) is 4.72 Å². The lowest BCUT2D eigenvalue weighted by Gasteiger charge is -2.13. The maximum Gasteiger partial charge on any atom is 0.262 e. The second-order valence-electron chi connectivity index (χ2n) is 4.91. The number of aryl methyl sites for hydroxylation is 1. The summed E-state index contributed by atoms with van der Waals surface area (Å²) in [6.07, 6.45) is 0. The van der Waals surface area contributed by atoms with Crippen LogP contribution in [0.25, 0.3) is 10.2 Å². The summed E-state index contributed by atoms with van der Waals surface area (Å²) in [5, 5.41) is 9.71. The molecule has 0 saturated carbocycles. The highest BCUT2D eigenvalue weighted by Crippen LogP contribution is 2.37. The third-order valence-corrected chi connectivity index (χ3v) is 6.01. The molecule has 0 saturated heterocycles. The molecule has 0 aliphatic heterocycles. The maximum absolute atomic E-state index is 14.2. The zero-order valence-electron chi connectivity index (χ0n) is 12.0. The molecule has 24 heavy (non-hydrogen) atoms. The van der Waals surface area contributed by atoms with Gasteiger partial charge in [0.25, 0.3) is 10.0 Å². The molecule has 2 aromatic carbocycles. The van der Waals surface area contributed by atoms with Crippen LogP contribution in [0, 0.1) is 12.7 Å². The van der Waals surface area contributed by atoms with E-state index in [2.05, 4.69) is 4.98 Å². The first-order valence-corrected chi connectivity index (χ1v) is 9.51. The van der Waals surface area contributed by atoms with Crippen molar-refractivity contribution in [2.75, 3.05) is 4.72 Å². The summed E-state index contributed by atoms with van der Waals surface area (Å²) in [5.74, 6) is -1.58. The normalized spacial score (nSPS) is 11.8. The second kappa shape index (κ2) is 6.03. The molecule has 0 unspecified atom stereocenters. The number of sulfonamides is 1. The Morgan fingerprint density at radius 3 is 2.71 bits per heavy atom. The minimum absolute atomic E-state index is 0.0974. The first-order chi connectivity index (χ1) is 11.2. The van der Waals surface area contributed by atoms with Gasteiger partial charge in [0.2, 0.25) is 0 Å². The molecule has 3 aromatic rings. The molecule has 0 radical (unpaired) electrons. The van der Waals surface area contributed by atoms with E-state index in [4.69, 9.17) is 23.2 Å². The number of rotatable bonds is 3. The molecular formula is C14H9Cl2FN2O3S2. The van der Waals surface area contributed by atoms with E-state index in [1.54, 1.807) is 0 Å². The number of fused-ring (bicyclic) bond motifs is 1. The quantitative estimate of drug-likeness (QED) is 0.624. The number of thiazole rings is 1. The maximum atomic E-state index is 14.2. The monoisotopic (exact) mass is 406 g/mol. The summed E-state index contributed by atoms with van der Waals surface area (Å²) in [5.41, 5.74) is 0.0548. The standard InChI is InChI=1S/C14H9Cl2FN2O3S2/c1-6-4-8(15)13(20)12(11(6)17)19-24(21,22)7-2-3-9-10(5-7)23-14(16)18-9/h2-5,19-20H,1H3. The van der Waals surface area contributed by atoms with Gasteiger partial charge in [-0.25, -0.2) is 17.8 Å². The van der Waals surface area contributed by atoms with Crippen LogP contribution in [-0.4, -0.2) is 18.5 Å². The predicted octanol–water partition coefficient (Wildman–Crippen LogP) is 4.56. The highest BCUT2D eigenvalue weighted by atomic mass is 35.5. The zero-order chi connectivity index (χ0) is 17.6. The van der Waals surface area contributed by atoms with E-state index in [9.17, 15) is 17.9 Å². The smallest absolute Gasteiger partial charge is 0.262 e. The van der Waals surface area contributed by atoms with Crippen molar-refractivity contribution < 1.29 is 17.9 Å². The fraction of sp³-hybridized carbons (Fsp3) is 0.0714. The Balaban J connectivity index is 2.08. The molecule has 0 aliphatic carbocycles. The van der Waals surface area contributed by atoms with Gasteiger partial charge < -0.3 is 5.11 Å². The Morgan fingerprint density at radius 2 is 2.00 bits per heavy atom. The van der Waals surface area contributed by atoms with Gasteiger partial charge in [-0.15, -0.1) is 11.3 Å². The van der Waals surface area contributed by atoms with Gasteiger partial charge in [-0.2, -0.15) is 0 Å². The van der Waals surface area contributed by atoms with Crippen LogP contribution >= 0.6 is 34.5 Å². The van der Waals surface area contributed by atoms with Gasteiger partial charge in [0.15, 0.2) is 16.0 Å². The topological polar surface area (TPSA) is 79.3 Å². The van der Waals surface area contributed by atoms with Gasteiger partial charge >= 0.3 is 0 Å². The minimum atomic E-state index is -4.15. The van der Waals surface area contributed by atoms with Crippen LogP contribution < -0.4 is 4.72 Å². The fourth-order valence-electron chi connectivity index (χ4n) is 2.07. The van der Waals surface area contributed by atoms with Crippen LogP contribution in [0.2, 0.25) is 9.49 Å². The number of hydrogen-bond donors (Lipinski definition) is 2. The van der Waals surface area contributed by atoms with Gasteiger partial charge in [0, 0.05) is 0 Å². The van der Waals surface area contributed by atoms with E-state index in [1.807, 2.05) is 4.72 Å². The Kier molecular flexibility index (Phi) is 4.33. The summed E-state index contributed by atoms with van der Waals surface area (Å²) >= 11 is 12.7.